The summed E-state index contributed by atoms with van der Waals surface area (Å²) < 4.78 is 45.0. The van der Waals surface area contributed by atoms with E-state index in [9.17, 15) is 17.6 Å². The van der Waals surface area contributed by atoms with Gasteiger partial charge in [-0.25, -0.2) is 12.8 Å². The molecule has 8 heteroatoms. The normalized spacial score (nSPS) is 16.1. The van der Waals surface area contributed by atoms with Crippen molar-refractivity contribution < 1.29 is 22.3 Å². The van der Waals surface area contributed by atoms with E-state index < -0.39 is 15.8 Å². The molecule has 0 atom stereocenters. The Hall–Kier alpha value is -1.90. The van der Waals surface area contributed by atoms with Crippen LogP contribution < -0.4 is 0 Å². The Bertz CT molecular complexity index is 906. The molecule has 0 spiro atoms. The Morgan fingerprint density at radius 1 is 1.11 bits per heavy atom. The molecule has 2 aromatic carbocycles. The third kappa shape index (κ3) is 4.92. The quantitative estimate of drug-likeness (QED) is 0.524. The summed E-state index contributed by atoms with van der Waals surface area (Å²) in [6.07, 6.45) is 2.81. The zero-order valence-corrected chi connectivity index (χ0v) is 17.1. The van der Waals surface area contributed by atoms with E-state index in [1.54, 1.807) is 11.8 Å². The minimum atomic E-state index is -3.68. The summed E-state index contributed by atoms with van der Waals surface area (Å²) in [6.45, 7) is 0.686. The molecule has 2 aromatic rings. The van der Waals surface area contributed by atoms with Crippen molar-refractivity contribution in [3.63, 3.8) is 0 Å². The van der Waals surface area contributed by atoms with Crippen LogP contribution in [0, 0.1) is 11.7 Å². The maximum absolute atomic E-state index is 13.0. The Morgan fingerprint density at radius 3 is 2.29 bits per heavy atom. The first kappa shape index (κ1) is 20.8. The molecule has 0 aromatic heterocycles. The average molecular weight is 424 g/mol. The molecule has 28 heavy (non-hydrogen) atoms. The summed E-state index contributed by atoms with van der Waals surface area (Å²) in [6, 6.07) is 12.6. The van der Waals surface area contributed by atoms with Gasteiger partial charge < -0.3 is 4.74 Å². The largest absolute Gasteiger partial charge is 0.461 e. The van der Waals surface area contributed by atoms with Gasteiger partial charge in [0, 0.05) is 18.0 Å². The number of thioether (sulfide) groups is 1. The van der Waals surface area contributed by atoms with Gasteiger partial charge in [0.25, 0.3) is 0 Å². The van der Waals surface area contributed by atoms with Crippen LogP contribution in [-0.4, -0.2) is 38.0 Å². The van der Waals surface area contributed by atoms with Gasteiger partial charge in [-0.1, -0.05) is 12.1 Å². The lowest BCUT2D eigenvalue weighted by molar-refractivity contribution is -0.151. The second-order valence-electron chi connectivity index (χ2n) is 6.59. The van der Waals surface area contributed by atoms with Crippen LogP contribution in [-0.2, 0) is 26.2 Å². The number of piperidine rings is 1. The molecule has 5 nitrogen and oxygen atoms in total. The smallest absolute Gasteiger partial charge is 0.309 e. The van der Waals surface area contributed by atoms with Crippen molar-refractivity contribution in [3.8, 4) is 0 Å². The third-order valence-corrected chi connectivity index (χ3v) is 7.44. The second-order valence-corrected chi connectivity index (χ2v) is 9.41. The van der Waals surface area contributed by atoms with Crippen molar-refractivity contribution in [1.29, 1.82) is 0 Å². The molecule has 3 rings (SSSR count). The van der Waals surface area contributed by atoms with Crippen molar-refractivity contribution in [2.75, 3.05) is 19.3 Å². The van der Waals surface area contributed by atoms with Crippen LogP contribution >= 0.6 is 11.8 Å². The van der Waals surface area contributed by atoms with Gasteiger partial charge in [-0.15, -0.1) is 11.8 Å². The van der Waals surface area contributed by atoms with Gasteiger partial charge >= 0.3 is 5.97 Å². The van der Waals surface area contributed by atoms with E-state index in [4.69, 9.17) is 4.74 Å². The lowest BCUT2D eigenvalue weighted by Crippen LogP contribution is -2.40. The molecule has 1 aliphatic rings. The standard InChI is InChI=1S/C20H22FNO4S2/c1-27-18-6-2-15(3-7-18)14-26-20(23)16-10-12-22(13-11-16)28(24,25)19-8-4-17(21)5-9-19/h2-9,16H,10-14H2,1H3. The molecule has 0 N–H and O–H groups in total. The second kappa shape index (κ2) is 9.07. The van der Waals surface area contributed by atoms with E-state index >= 15 is 0 Å². The highest BCUT2D eigenvalue weighted by atomic mass is 32.2. The fourth-order valence-corrected chi connectivity index (χ4v) is 4.96. The molecule has 0 bridgehead atoms. The molecule has 0 unspecified atom stereocenters. The summed E-state index contributed by atoms with van der Waals surface area (Å²) in [7, 11) is -3.68. The first-order chi connectivity index (χ1) is 13.4. The van der Waals surface area contributed by atoms with Gasteiger partial charge in [0.15, 0.2) is 0 Å². The number of rotatable bonds is 6. The first-order valence-electron chi connectivity index (χ1n) is 8.95. The number of carbonyl (C=O) groups is 1. The summed E-state index contributed by atoms with van der Waals surface area (Å²) in [5, 5.41) is 0. The van der Waals surface area contributed by atoms with Crippen molar-refractivity contribution in [2.24, 2.45) is 5.92 Å². The lowest BCUT2D eigenvalue weighted by atomic mass is 9.98. The van der Waals surface area contributed by atoms with Crippen LogP contribution in [0.2, 0.25) is 0 Å². The molecular weight excluding hydrogens is 401 g/mol. The monoisotopic (exact) mass is 423 g/mol. The topological polar surface area (TPSA) is 63.7 Å². The van der Waals surface area contributed by atoms with Gasteiger partial charge in [-0.3, -0.25) is 4.79 Å². The summed E-state index contributed by atoms with van der Waals surface area (Å²) in [5.74, 6) is -1.10. The van der Waals surface area contributed by atoms with E-state index in [0.717, 1.165) is 22.6 Å². The molecule has 0 aliphatic carbocycles. The zero-order valence-electron chi connectivity index (χ0n) is 15.5. The predicted molar refractivity (Wildman–Crippen MR) is 106 cm³/mol. The van der Waals surface area contributed by atoms with Crippen LogP contribution in [0.3, 0.4) is 0 Å². The number of esters is 1. The van der Waals surface area contributed by atoms with Gasteiger partial charge in [-0.2, -0.15) is 4.31 Å². The molecule has 1 heterocycles. The number of benzene rings is 2. The summed E-state index contributed by atoms with van der Waals surface area (Å²) in [5.41, 5.74) is 0.919. The van der Waals surface area contributed by atoms with Gasteiger partial charge in [0.1, 0.15) is 12.4 Å². The maximum Gasteiger partial charge on any atom is 0.309 e. The molecule has 0 amide bonds. The molecule has 1 aliphatic heterocycles. The van der Waals surface area contributed by atoms with E-state index in [1.165, 1.54) is 16.4 Å². The lowest BCUT2D eigenvalue weighted by Gasteiger charge is -2.30. The molecule has 1 fully saturated rings. The third-order valence-electron chi connectivity index (χ3n) is 4.78. The SMILES string of the molecule is CSc1ccc(COC(=O)C2CCN(S(=O)(=O)c3ccc(F)cc3)CC2)cc1. The van der Waals surface area contributed by atoms with E-state index in [2.05, 4.69) is 0 Å². The number of ether oxygens (including phenoxy) is 1. The van der Waals surface area contributed by atoms with Crippen molar-refractivity contribution in [2.45, 2.75) is 29.2 Å². The van der Waals surface area contributed by atoms with Gasteiger partial charge in [-0.05, 0) is 61.1 Å². The number of halogens is 1. The van der Waals surface area contributed by atoms with Crippen molar-refractivity contribution >= 4 is 27.8 Å². The van der Waals surface area contributed by atoms with Crippen LogP contribution in [0.4, 0.5) is 4.39 Å². The highest BCUT2D eigenvalue weighted by Gasteiger charge is 2.32. The fourth-order valence-electron chi connectivity index (χ4n) is 3.08. The Labute approximate surface area is 168 Å². The van der Waals surface area contributed by atoms with Crippen LogP contribution in [0.5, 0.6) is 0 Å². The van der Waals surface area contributed by atoms with E-state index in [1.807, 2.05) is 30.5 Å². The predicted octanol–water partition coefficient (Wildman–Crippen LogP) is 3.69. The zero-order chi connectivity index (χ0) is 20.1. The Balaban J connectivity index is 1.52. The minimum absolute atomic E-state index is 0.0589. The van der Waals surface area contributed by atoms with E-state index in [0.29, 0.717) is 12.8 Å². The number of nitrogens with zero attached hydrogens (tertiary/aromatic N) is 1. The van der Waals surface area contributed by atoms with Crippen LogP contribution in [0.25, 0.3) is 0 Å². The Morgan fingerprint density at radius 2 is 1.71 bits per heavy atom. The first-order valence-corrected chi connectivity index (χ1v) is 11.6. The summed E-state index contributed by atoms with van der Waals surface area (Å²) >= 11 is 1.65. The number of sulfonamides is 1. The molecule has 150 valence electrons. The highest BCUT2D eigenvalue weighted by molar-refractivity contribution is 7.98. The van der Waals surface area contributed by atoms with Gasteiger partial charge in [0.2, 0.25) is 10.0 Å². The minimum Gasteiger partial charge on any atom is -0.461 e. The molecular formula is C20H22FNO4S2. The highest BCUT2D eigenvalue weighted by Crippen LogP contribution is 2.25. The fraction of sp³-hybridized carbons (Fsp3) is 0.350. The maximum atomic E-state index is 13.0. The number of hydrogen-bond donors (Lipinski definition) is 0. The number of carbonyl (C=O) groups excluding carboxylic acids is 1. The van der Waals surface area contributed by atoms with E-state index in [-0.39, 0.29) is 36.5 Å². The molecule has 0 radical (unpaired) electrons. The molecule has 0 saturated carbocycles. The van der Waals surface area contributed by atoms with Crippen molar-refractivity contribution in [3.05, 3.63) is 59.9 Å². The van der Waals surface area contributed by atoms with Crippen molar-refractivity contribution in [1.82, 2.24) is 4.31 Å². The van der Waals surface area contributed by atoms with Crippen LogP contribution in [0.15, 0.2) is 58.3 Å². The summed E-state index contributed by atoms with van der Waals surface area (Å²) in [4.78, 5) is 13.5. The molecule has 1 saturated heterocycles. The van der Waals surface area contributed by atoms with Crippen LogP contribution in [0.1, 0.15) is 18.4 Å². The van der Waals surface area contributed by atoms with Gasteiger partial charge in [0.05, 0.1) is 10.8 Å². The Kier molecular flexibility index (Phi) is 6.74. The number of hydrogen-bond acceptors (Lipinski definition) is 5. The average Bonchev–Trinajstić information content (AvgIpc) is 2.73.